The second-order valence-corrected chi connectivity index (χ2v) is 9.75. The molecule has 0 aliphatic carbocycles. The van der Waals surface area contributed by atoms with Gasteiger partial charge in [0.05, 0.1) is 0 Å². The van der Waals surface area contributed by atoms with Gasteiger partial charge in [-0.1, -0.05) is 0 Å². The smallest absolute Gasteiger partial charge is 0.340 e. The van der Waals surface area contributed by atoms with Crippen LogP contribution in [0.3, 0.4) is 0 Å². The number of nitrogens with zero attached hydrogens (tertiary/aromatic N) is 4. The summed E-state index contributed by atoms with van der Waals surface area (Å²) in [5.74, 6) is 3.45. The van der Waals surface area contributed by atoms with Crippen molar-refractivity contribution in [3.8, 4) is 0 Å². The van der Waals surface area contributed by atoms with Crippen molar-refractivity contribution in [3.05, 3.63) is 33.3 Å². The van der Waals surface area contributed by atoms with Crippen molar-refractivity contribution in [2.24, 2.45) is 11.8 Å². The first-order chi connectivity index (χ1) is 15.1. The van der Waals surface area contributed by atoms with Crippen LogP contribution in [0.2, 0.25) is 0 Å². The molecule has 2 unspecified atom stereocenters. The van der Waals surface area contributed by atoms with Crippen LogP contribution in [-0.4, -0.2) is 78.9 Å². The van der Waals surface area contributed by atoms with E-state index in [1.807, 2.05) is 21.6 Å². The number of nitrogens with one attached hydrogen (secondary N) is 3. The molecule has 3 aliphatic rings. The lowest BCUT2D eigenvalue weighted by Crippen LogP contribution is -2.32. The Balaban J connectivity index is 1.14. The standard InChI is InChI=1S/C20H27N7O3S/c28-17(2-1-16-21-20(30)25-23-16)26-6-3-12(9-26)13-4-7-27(10-13)19(29)18-14-5-8-31-11-15(14)22-24-18/h12-13H,1-11H2,(H,22,24)(H2,21,23,25,30). The largest absolute Gasteiger partial charge is 0.342 e. The SMILES string of the molecule is O=C(CCc1n[nH]c(=O)[nH]1)N1CCC(C2CCN(C(=O)c3n[nH]c4c3CCSC4)C2)C1. The van der Waals surface area contributed by atoms with E-state index in [0.717, 1.165) is 68.2 Å². The van der Waals surface area contributed by atoms with Crippen LogP contribution >= 0.6 is 11.8 Å². The topological polar surface area (TPSA) is 131 Å². The third-order valence-corrected chi connectivity index (χ3v) is 7.77. The maximum atomic E-state index is 13.1. The number of thioether (sulfide) groups is 1. The highest BCUT2D eigenvalue weighted by molar-refractivity contribution is 7.98. The Hall–Kier alpha value is -2.56. The van der Waals surface area contributed by atoms with Gasteiger partial charge in [-0.05, 0) is 36.9 Å². The van der Waals surface area contributed by atoms with Gasteiger partial charge in [-0.15, -0.1) is 0 Å². The van der Waals surface area contributed by atoms with Crippen molar-refractivity contribution in [3.63, 3.8) is 0 Å². The maximum absolute atomic E-state index is 13.1. The summed E-state index contributed by atoms with van der Waals surface area (Å²) in [6.07, 6.45) is 3.63. The number of likely N-dealkylation sites (tertiary alicyclic amines) is 2. The monoisotopic (exact) mass is 445 g/mol. The molecule has 2 fully saturated rings. The molecule has 11 heteroatoms. The van der Waals surface area contributed by atoms with E-state index in [2.05, 4.69) is 25.4 Å². The summed E-state index contributed by atoms with van der Waals surface area (Å²) in [6, 6.07) is 0. The van der Waals surface area contributed by atoms with Gasteiger partial charge in [0, 0.05) is 56.0 Å². The van der Waals surface area contributed by atoms with Crippen molar-refractivity contribution in [1.82, 2.24) is 35.2 Å². The molecule has 2 aromatic heterocycles. The van der Waals surface area contributed by atoms with Crippen LogP contribution < -0.4 is 5.69 Å². The Bertz CT molecular complexity index is 1030. The lowest BCUT2D eigenvalue weighted by molar-refractivity contribution is -0.130. The second kappa shape index (κ2) is 8.52. The lowest BCUT2D eigenvalue weighted by atomic mass is 9.91. The maximum Gasteiger partial charge on any atom is 0.340 e. The molecule has 0 saturated carbocycles. The molecule has 10 nitrogen and oxygen atoms in total. The fourth-order valence-electron chi connectivity index (χ4n) is 5.03. The molecular formula is C20H27N7O3S. The van der Waals surface area contributed by atoms with Crippen molar-refractivity contribution < 1.29 is 9.59 Å². The molecule has 0 spiro atoms. The zero-order chi connectivity index (χ0) is 21.4. The number of fused-ring (bicyclic) bond motifs is 1. The number of hydrogen-bond donors (Lipinski definition) is 3. The average molecular weight is 446 g/mol. The fourth-order valence-corrected chi connectivity index (χ4v) is 5.96. The quantitative estimate of drug-likeness (QED) is 0.616. The number of aromatic nitrogens is 5. The zero-order valence-electron chi connectivity index (χ0n) is 17.4. The van der Waals surface area contributed by atoms with Gasteiger partial charge in [0.1, 0.15) is 5.82 Å². The van der Waals surface area contributed by atoms with E-state index in [4.69, 9.17) is 0 Å². The molecule has 2 aromatic rings. The molecule has 5 heterocycles. The van der Waals surface area contributed by atoms with E-state index in [1.54, 1.807) is 0 Å². The average Bonchev–Trinajstić information content (AvgIpc) is 3.57. The Kier molecular flexibility index (Phi) is 5.59. The van der Waals surface area contributed by atoms with Crippen molar-refractivity contribution in [2.45, 2.75) is 37.9 Å². The summed E-state index contributed by atoms with van der Waals surface area (Å²) in [7, 11) is 0. The molecule has 0 aromatic carbocycles. The number of hydrogen-bond acceptors (Lipinski definition) is 6. The Labute approximate surface area is 183 Å². The molecule has 166 valence electrons. The van der Waals surface area contributed by atoms with E-state index in [0.29, 0.717) is 36.2 Å². The van der Waals surface area contributed by atoms with Crippen LogP contribution in [0.15, 0.2) is 4.79 Å². The molecule has 3 N–H and O–H groups in total. The van der Waals surface area contributed by atoms with Crippen LogP contribution in [-0.2, 0) is 23.4 Å². The molecule has 0 bridgehead atoms. The number of carbonyl (C=O) groups excluding carboxylic acids is 2. The number of H-pyrrole nitrogens is 3. The molecule has 0 radical (unpaired) electrons. The highest BCUT2D eigenvalue weighted by Crippen LogP contribution is 2.33. The number of aryl methyl sites for hydroxylation is 1. The fraction of sp³-hybridized carbons (Fsp3) is 0.650. The second-order valence-electron chi connectivity index (χ2n) is 8.64. The highest BCUT2D eigenvalue weighted by atomic mass is 32.2. The molecule has 31 heavy (non-hydrogen) atoms. The number of amides is 2. The zero-order valence-corrected chi connectivity index (χ0v) is 18.2. The summed E-state index contributed by atoms with van der Waals surface area (Å²) in [5.41, 5.74) is 2.45. The molecule has 5 rings (SSSR count). The molecular weight excluding hydrogens is 418 g/mol. The van der Waals surface area contributed by atoms with Crippen LogP contribution in [0.5, 0.6) is 0 Å². The van der Waals surface area contributed by atoms with Gasteiger partial charge in [-0.25, -0.2) is 9.89 Å². The predicted molar refractivity (Wildman–Crippen MR) is 115 cm³/mol. The van der Waals surface area contributed by atoms with Crippen LogP contribution in [0.1, 0.15) is 46.8 Å². The Morgan fingerprint density at radius 1 is 1.06 bits per heavy atom. The first-order valence-corrected chi connectivity index (χ1v) is 12.1. The Morgan fingerprint density at radius 3 is 2.61 bits per heavy atom. The summed E-state index contributed by atoms with van der Waals surface area (Å²) in [5, 5.41) is 13.6. The molecule has 2 atom stereocenters. The van der Waals surface area contributed by atoms with E-state index >= 15 is 0 Å². The van der Waals surface area contributed by atoms with E-state index in [1.165, 1.54) is 0 Å². The molecule has 2 saturated heterocycles. The van der Waals surface area contributed by atoms with Crippen molar-refractivity contribution >= 4 is 23.6 Å². The third kappa shape index (κ3) is 4.15. The summed E-state index contributed by atoms with van der Waals surface area (Å²) in [6.45, 7) is 3.01. The van der Waals surface area contributed by atoms with Crippen LogP contribution in [0.4, 0.5) is 0 Å². The van der Waals surface area contributed by atoms with Gasteiger partial charge in [0.25, 0.3) is 5.91 Å². The minimum absolute atomic E-state index is 0.0471. The van der Waals surface area contributed by atoms with Crippen LogP contribution in [0.25, 0.3) is 0 Å². The van der Waals surface area contributed by atoms with Gasteiger partial charge in [-0.2, -0.15) is 22.0 Å². The minimum atomic E-state index is -0.349. The summed E-state index contributed by atoms with van der Waals surface area (Å²) < 4.78 is 0. The van der Waals surface area contributed by atoms with E-state index in [9.17, 15) is 14.4 Å². The van der Waals surface area contributed by atoms with Gasteiger partial charge in [0.15, 0.2) is 5.69 Å². The first kappa shape index (κ1) is 20.3. The lowest BCUT2D eigenvalue weighted by Gasteiger charge is -2.21. The van der Waals surface area contributed by atoms with E-state index < -0.39 is 0 Å². The number of aromatic amines is 3. The predicted octanol–water partition coefficient (Wildman–Crippen LogP) is 0.554. The number of rotatable bonds is 5. The summed E-state index contributed by atoms with van der Waals surface area (Å²) in [4.78, 5) is 43.2. The Morgan fingerprint density at radius 2 is 1.84 bits per heavy atom. The molecule has 3 aliphatic heterocycles. The van der Waals surface area contributed by atoms with E-state index in [-0.39, 0.29) is 17.5 Å². The minimum Gasteiger partial charge on any atom is -0.342 e. The van der Waals surface area contributed by atoms with Gasteiger partial charge in [0.2, 0.25) is 5.91 Å². The van der Waals surface area contributed by atoms with Gasteiger partial charge < -0.3 is 9.80 Å². The molecule has 2 amide bonds. The number of carbonyl (C=O) groups is 2. The van der Waals surface area contributed by atoms with Crippen molar-refractivity contribution in [1.29, 1.82) is 0 Å². The summed E-state index contributed by atoms with van der Waals surface area (Å²) >= 11 is 1.87. The normalized spacial score (nSPS) is 23.4. The highest BCUT2D eigenvalue weighted by Gasteiger charge is 2.38. The van der Waals surface area contributed by atoms with Crippen LogP contribution in [0, 0.1) is 11.8 Å². The van der Waals surface area contributed by atoms with Gasteiger partial charge in [-0.3, -0.25) is 19.7 Å². The first-order valence-electron chi connectivity index (χ1n) is 10.9. The van der Waals surface area contributed by atoms with Gasteiger partial charge >= 0.3 is 5.69 Å². The van der Waals surface area contributed by atoms with Crippen molar-refractivity contribution in [2.75, 3.05) is 31.9 Å². The third-order valence-electron chi connectivity index (χ3n) is 6.78.